The number of urea groups is 1. The monoisotopic (exact) mass is 368 g/mol. The minimum atomic E-state index is -0.326. The molecule has 3 aromatic rings. The number of carbonyl (C=O) groups is 1. The van der Waals surface area contributed by atoms with Gasteiger partial charge in [0.2, 0.25) is 0 Å². The van der Waals surface area contributed by atoms with Crippen molar-refractivity contribution in [2.24, 2.45) is 0 Å². The van der Waals surface area contributed by atoms with E-state index in [0.717, 1.165) is 11.3 Å². The van der Waals surface area contributed by atoms with E-state index in [4.69, 9.17) is 9.47 Å². The molecule has 0 saturated carbocycles. The number of tetrazole rings is 1. The highest BCUT2D eigenvalue weighted by molar-refractivity contribution is 5.73. The molecule has 9 nitrogen and oxygen atoms in total. The number of methoxy groups -OCH3 is 2. The van der Waals surface area contributed by atoms with Crippen molar-refractivity contribution >= 4 is 6.03 Å². The molecule has 0 aliphatic heterocycles. The SMILES string of the molecule is COc1ccc(CNC(=O)NCc2nnnn2-c2ccccc2)cc1OC. The van der Waals surface area contributed by atoms with Crippen LogP contribution in [0.3, 0.4) is 0 Å². The van der Waals surface area contributed by atoms with Crippen LogP contribution in [-0.2, 0) is 13.1 Å². The molecule has 0 fully saturated rings. The van der Waals surface area contributed by atoms with Crippen molar-refractivity contribution in [1.29, 1.82) is 0 Å². The maximum Gasteiger partial charge on any atom is 0.315 e. The van der Waals surface area contributed by atoms with Gasteiger partial charge in [-0.3, -0.25) is 0 Å². The van der Waals surface area contributed by atoms with E-state index in [2.05, 4.69) is 26.2 Å². The molecule has 0 atom stereocenters. The average molecular weight is 368 g/mol. The summed E-state index contributed by atoms with van der Waals surface area (Å²) in [5.41, 5.74) is 1.71. The Labute approximate surface area is 156 Å². The van der Waals surface area contributed by atoms with Crippen LogP contribution in [0.4, 0.5) is 4.79 Å². The van der Waals surface area contributed by atoms with Gasteiger partial charge in [-0.1, -0.05) is 24.3 Å². The Hall–Kier alpha value is -3.62. The highest BCUT2D eigenvalue weighted by Crippen LogP contribution is 2.27. The van der Waals surface area contributed by atoms with Crippen LogP contribution >= 0.6 is 0 Å². The number of para-hydroxylation sites is 1. The van der Waals surface area contributed by atoms with E-state index < -0.39 is 0 Å². The number of rotatable bonds is 7. The number of nitrogens with zero attached hydrogens (tertiary/aromatic N) is 4. The second-order valence-electron chi connectivity index (χ2n) is 5.57. The standard InChI is InChI=1S/C18H20N6O3/c1-26-15-9-8-13(10-16(15)27-2)11-19-18(25)20-12-17-21-22-23-24(17)14-6-4-3-5-7-14/h3-10H,11-12H2,1-2H3,(H2,19,20,25). The Kier molecular flexibility index (Phi) is 5.83. The van der Waals surface area contributed by atoms with Gasteiger partial charge < -0.3 is 20.1 Å². The number of nitrogens with one attached hydrogen (secondary N) is 2. The lowest BCUT2D eigenvalue weighted by molar-refractivity contribution is 0.239. The fraction of sp³-hybridized carbons (Fsp3) is 0.222. The van der Waals surface area contributed by atoms with Crippen molar-refractivity contribution in [3.8, 4) is 17.2 Å². The van der Waals surface area contributed by atoms with Crippen molar-refractivity contribution in [3.63, 3.8) is 0 Å². The van der Waals surface area contributed by atoms with Crippen LogP contribution in [0.15, 0.2) is 48.5 Å². The highest BCUT2D eigenvalue weighted by Gasteiger charge is 2.10. The van der Waals surface area contributed by atoms with Gasteiger partial charge in [0, 0.05) is 6.54 Å². The Morgan fingerprint density at radius 2 is 1.74 bits per heavy atom. The quantitative estimate of drug-likeness (QED) is 0.658. The lowest BCUT2D eigenvalue weighted by atomic mass is 10.2. The largest absolute Gasteiger partial charge is 0.493 e. The lowest BCUT2D eigenvalue weighted by Crippen LogP contribution is -2.35. The molecule has 0 unspecified atom stereocenters. The number of aromatic nitrogens is 4. The van der Waals surface area contributed by atoms with Crippen molar-refractivity contribution in [2.75, 3.05) is 14.2 Å². The topological polar surface area (TPSA) is 103 Å². The molecule has 140 valence electrons. The van der Waals surface area contributed by atoms with Gasteiger partial charge in [0.05, 0.1) is 26.5 Å². The van der Waals surface area contributed by atoms with Crippen LogP contribution in [-0.4, -0.2) is 40.5 Å². The average Bonchev–Trinajstić information content (AvgIpc) is 3.19. The highest BCUT2D eigenvalue weighted by atomic mass is 16.5. The van der Waals surface area contributed by atoms with Gasteiger partial charge >= 0.3 is 6.03 Å². The minimum absolute atomic E-state index is 0.194. The van der Waals surface area contributed by atoms with Crippen molar-refractivity contribution in [2.45, 2.75) is 13.1 Å². The normalized spacial score (nSPS) is 10.3. The first-order valence-electron chi connectivity index (χ1n) is 8.26. The maximum absolute atomic E-state index is 12.1. The van der Waals surface area contributed by atoms with Crippen molar-refractivity contribution in [1.82, 2.24) is 30.8 Å². The van der Waals surface area contributed by atoms with Crippen molar-refractivity contribution in [3.05, 3.63) is 59.9 Å². The molecule has 0 aliphatic rings. The van der Waals surface area contributed by atoms with Crippen LogP contribution in [0.1, 0.15) is 11.4 Å². The summed E-state index contributed by atoms with van der Waals surface area (Å²) in [4.78, 5) is 12.1. The summed E-state index contributed by atoms with van der Waals surface area (Å²) in [5.74, 6) is 1.78. The molecule has 27 heavy (non-hydrogen) atoms. The van der Waals surface area contributed by atoms with Gasteiger partial charge in [-0.05, 0) is 40.3 Å². The molecule has 3 rings (SSSR count). The van der Waals surface area contributed by atoms with Gasteiger partial charge in [0.25, 0.3) is 0 Å². The number of carbonyl (C=O) groups excluding carboxylic acids is 1. The number of benzene rings is 2. The molecule has 2 aromatic carbocycles. The van der Waals surface area contributed by atoms with Gasteiger partial charge in [-0.2, -0.15) is 4.68 Å². The van der Waals surface area contributed by atoms with Gasteiger partial charge in [0.15, 0.2) is 17.3 Å². The van der Waals surface area contributed by atoms with E-state index in [1.54, 1.807) is 25.0 Å². The van der Waals surface area contributed by atoms with E-state index in [9.17, 15) is 4.79 Å². The van der Waals surface area contributed by atoms with Crippen LogP contribution in [0.25, 0.3) is 5.69 Å². The van der Waals surface area contributed by atoms with E-state index in [0.29, 0.717) is 23.9 Å². The third-order valence-corrected chi connectivity index (χ3v) is 3.84. The maximum atomic E-state index is 12.1. The Bertz CT molecular complexity index is 897. The summed E-state index contributed by atoms with van der Waals surface area (Å²) in [5, 5.41) is 17.1. The third kappa shape index (κ3) is 4.51. The van der Waals surface area contributed by atoms with E-state index >= 15 is 0 Å². The Balaban J connectivity index is 1.55. The molecule has 0 saturated heterocycles. The van der Waals surface area contributed by atoms with Crippen LogP contribution in [0.2, 0.25) is 0 Å². The molecular weight excluding hydrogens is 348 g/mol. The second kappa shape index (κ2) is 8.65. The number of hydrogen-bond acceptors (Lipinski definition) is 6. The minimum Gasteiger partial charge on any atom is -0.493 e. The zero-order valence-corrected chi connectivity index (χ0v) is 15.0. The van der Waals surface area contributed by atoms with E-state index in [1.165, 1.54) is 0 Å². The number of ether oxygens (including phenoxy) is 2. The van der Waals surface area contributed by atoms with Gasteiger partial charge in [-0.15, -0.1) is 5.10 Å². The predicted molar refractivity (Wildman–Crippen MR) is 97.8 cm³/mol. The molecule has 2 N–H and O–H groups in total. The molecule has 1 aromatic heterocycles. The van der Waals surface area contributed by atoms with Gasteiger partial charge in [0.1, 0.15) is 0 Å². The predicted octanol–water partition coefficient (Wildman–Crippen LogP) is 1.68. The Morgan fingerprint density at radius 3 is 2.48 bits per heavy atom. The molecule has 0 spiro atoms. The first kappa shape index (κ1) is 18.2. The molecule has 9 heteroatoms. The Morgan fingerprint density at radius 1 is 1.00 bits per heavy atom. The van der Waals surface area contributed by atoms with E-state index in [-0.39, 0.29) is 12.6 Å². The fourth-order valence-electron chi connectivity index (χ4n) is 2.48. The van der Waals surface area contributed by atoms with Crippen LogP contribution < -0.4 is 20.1 Å². The van der Waals surface area contributed by atoms with Gasteiger partial charge in [-0.25, -0.2) is 4.79 Å². The van der Waals surface area contributed by atoms with E-state index in [1.807, 2.05) is 42.5 Å². The van der Waals surface area contributed by atoms with Crippen LogP contribution in [0, 0.1) is 0 Å². The van der Waals surface area contributed by atoms with Crippen LogP contribution in [0.5, 0.6) is 11.5 Å². The first-order valence-corrected chi connectivity index (χ1v) is 8.26. The summed E-state index contributed by atoms with van der Waals surface area (Å²) in [7, 11) is 3.14. The number of hydrogen-bond donors (Lipinski definition) is 2. The molecule has 2 amide bonds. The first-order chi connectivity index (χ1) is 13.2. The molecule has 0 bridgehead atoms. The molecule has 0 radical (unpaired) electrons. The smallest absolute Gasteiger partial charge is 0.315 e. The lowest BCUT2D eigenvalue weighted by Gasteiger charge is -2.11. The second-order valence-corrected chi connectivity index (χ2v) is 5.57. The zero-order valence-electron chi connectivity index (χ0n) is 15.0. The summed E-state index contributed by atoms with van der Waals surface area (Å²) in [6.45, 7) is 0.537. The summed E-state index contributed by atoms with van der Waals surface area (Å²) in [6.07, 6.45) is 0. The summed E-state index contributed by atoms with van der Waals surface area (Å²) in [6, 6.07) is 14.6. The summed E-state index contributed by atoms with van der Waals surface area (Å²) >= 11 is 0. The zero-order chi connectivity index (χ0) is 19.1. The molecular formula is C18H20N6O3. The van der Waals surface area contributed by atoms with Crippen molar-refractivity contribution < 1.29 is 14.3 Å². The third-order valence-electron chi connectivity index (χ3n) is 3.84. The summed E-state index contributed by atoms with van der Waals surface area (Å²) < 4.78 is 12.0. The fourth-order valence-corrected chi connectivity index (χ4v) is 2.48. The molecule has 0 aliphatic carbocycles. The molecule has 1 heterocycles. The number of amides is 2.